The van der Waals surface area contributed by atoms with E-state index in [1.54, 1.807) is 0 Å². The van der Waals surface area contributed by atoms with Crippen LogP contribution in [0.3, 0.4) is 0 Å². The minimum atomic E-state index is -0.0564. The molecule has 2 rings (SSSR count). The van der Waals surface area contributed by atoms with E-state index in [4.69, 9.17) is 0 Å². The van der Waals surface area contributed by atoms with Gasteiger partial charge in [-0.25, -0.2) is 0 Å². The van der Waals surface area contributed by atoms with Crippen molar-refractivity contribution in [3.63, 3.8) is 0 Å². The van der Waals surface area contributed by atoms with E-state index < -0.39 is 0 Å². The van der Waals surface area contributed by atoms with E-state index in [-0.39, 0.29) is 6.10 Å². The Morgan fingerprint density at radius 1 is 1.11 bits per heavy atom. The molecule has 2 nitrogen and oxygen atoms in total. The van der Waals surface area contributed by atoms with Crippen molar-refractivity contribution < 1.29 is 5.11 Å². The fraction of sp³-hybridized carbons (Fsp3) is 1.00. The van der Waals surface area contributed by atoms with Crippen LogP contribution in [0.15, 0.2) is 0 Å². The van der Waals surface area contributed by atoms with Gasteiger partial charge in [0.1, 0.15) is 0 Å². The quantitative estimate of drug-likeness (QED) is 0.814. The van der Waals surface area contributed by atoms with Gasteiger partial charge in [0, 0.05) is 13.1 Å². The molecule has 0 aromatic heterocycles. The third-order valence-electron chi connectivity index (χ3n) is 5.29. The van der Waals surface area contributed by atoms with Crippen LogP contribution >= 0.6 is 0 Å². The van der Waals surface area contributed by atoms with Gasteiger partial charge < -0.3 is 10.0 Å². The number of nitrogens with zero attached hydrogens (tertiary/aromatic N) is 1. The van der Waals surface area contributed by atoms with E-state index in [0.29, 0.717) is 5.92 Å². The van der Waals surface area contributed by atoms with Crippen LogP contribution in [0.5, 0.6) is 0 Å². The van der Waals surface area contributed by atoms with Gasteiger partial charge in [-0.1, -0.05) is 20.8 Å². The van der Waals surface area contributed by atoms with E-state index in [1.165, 1.54) is 25.8 Å². The van der Waals surface area contributed by atoms with Crippen molar-refractivity contribution in [2.45, 2.75) is 52.6 Å². The second-order valence-corrected chi connectivity index (χ2v) is 7.34. The molecule has 2 saturated carbocycles. The van der Waals surface area contributed by atoms with E-state index in [0.717, 1.165) is 36.6 Å². The lowest BCUT2D eigenvalue weighted by Gasteiger charge is -2.37. The Labute approximate surface area is 113 Å². The van der Waals surface area contributed by atoms with Gasteiger partial charge in [0.15, 0.2) is 0 Å². The molecule has 0 amide bonds. The topological polar surface area (TPSA) is 23.5 Å². The van der Waals surface area contributed by atoms with Crippen molar-refractivity contribution in [2.75, 3.05) is 20.1 Å². The Hall–Kier alpha value is -0.0800. The number of aliphatic hydroxyl groups excluding tert-OH is 1. The molecule has 0 aliphatic heterocycles. The molecule has 0 spiro atoms. The highest BCUT2D eigenvalue weighted by Crippen LogP contribution is 2.39. The molecule has 18 heavy (non-hydrogen) atoms. The summed E-state index contributed by atoms with van der Waals surface area (Å²) in [6.07, 6.45) is 4.81. The van der Waals surface area contributed by atoms with Crippen molar-refractivity contribution in [3.05, 3.63) is 0 Å². The number of aliphatic hydroxyl groups is 1. The zero-order chi connectivity index (χ0) is 13.3. The van der Waals surface area contributed by atoms with Crippen LogP contribution in [0.25, 0.3) is 0 Å². The standard InChI is InChI=1S/C16H31NO/c1-11(2)13-5-6-16(18)15(8-13)10-17(4)9-14-7-12(14)3/h11-16,18H,5-10H2,1-4H3. The number of rotatable bonds is 5. The second kappa shape index (κ2) is 5.92. The van der Waals surface area contributed by atoms with E-state index in [2.05, 4.69) is 32.7 Å². The Bertz CT molecular complexity index is 266. The Balaban J connectivity index is 1.78. The summed E-state index contributed by atoms with van der Waals surface area (Å²) < 4.78 is 0. The average molecular weight is 253 g/mol. The minimum Gasteiger partial charge on any atom is -0.393 e. The first-order valence-electron chi connectivity index (χ1n) is 7.84. The summed E-state index contributed by atoms with van der Waals surface area (Å²) in [4.78, 5) is 2.46. The molecule has 2 fully saturated rings. The maximum absolute atomic E-state index is 10.2. The summed E-state index contributed by atoms with van der Waals surface area (Å²) in [5, 5.41) is 10.2. The molecule has 0 saturated heterocycles. The number of hydrogen-bond donors (Lipinski definition) is 1. The smallest absolute Gasteiger partial charge is 0.0580 e. The van der Waals surface area contributed by atoms with Gasteiger partial charge in [-0.15, -0.1) is 0 Å². The lowest BCUT2D eigenvalue weighted by Crippen LogP contribution is -2.39. The second-order valence-electron chi connectivity index (χ2n) is 7.34. The molecule has 2 aliphatic carbocycles. The molecular weight excluding hydrogens is 222 g/mol. The average Bonchev–Trinajstić information content (AvgIpc) is 2.97. The Morgan fingerprint density at radius 3 is 2.28 bits per heavy atom. The first-order valence-corrected chi connectivity index (χ1v) is 7.84. The highest BCUT2D eigenvalue weighted by atomic mass is 16.3. The molecule has 0 heterocycles. The van der Waals surface area contributed by atoms with Crippen LogP contribution in [0, 0.1) is 29.6 Å². The van der Waals surface area contributed by atoms with Gasteiger partial charge in [0.2, 0.25) is 0 Å². The van der Waals surface area contributed by atoms with Gasteiger partial charge in [-0.2, -0.15) is 0 Å². The third-order valence-corrected chi connectivity index (χ3v) is 5.29. The Kier molecular flexibility index (Phi) is 4.71. The molecule has 0 aromatic rings. The normalized spacial score (nSPS) is 40.5. The van der Waals surface area contributed by atoms with Crippen molar-refractivity contribution in [1.29, 1.82) is 0 Å². The molecular formula is C16H31NO. The van der Waals surface area contributed by atoms with Crippen LogP contribution in [0.4, 0.5) is 0 Å². The van der Waals surface area contributed by atoms with E-state index in [1.807, 2.05) is 0 Å². The SMILES string of the molecule is CC(C)C1CCC(O)C(CN(C)CC2CC2C)C1. The fourth-order valence-corrected chi connectivity index (χ4v) is 3.61. The van der Waals surface area contributed by atoms with Gasteiger partial charge in [-0.05, 0) is 62.3 Å². The molecule has 2 heteroatoms. The molecule has 1 N–H and O–H groups in total. The maximum atomic E-state index is 10.2. The lowest BCUT2D eigenvalue weighted by atomic mass is 9.74. The first-order chi connectivity index (χ1) is 8.47. The third kappa shape index (κ3) is 3.71. The monoisotopic (exact) mass is 253 g/mol. The fourth-order valence-electron chi connectivity index (χ4n) is 3.61. The minimum absolute atomic E-state index is 0.0564. The van der Waals surface area contributed by atoms with Gasteiger partial charge in [0.05, 0.1) is 6.10 Å². The van der Waals surface area contributed by atoms with Crippen LogP contribution in [-0.4, -0.2) is 36.2 Å². The van der Waals surface area contributed by atoms with Crippen molar-refractivity contribution >= 4 is 0 Å². The highest BCUT2D eigenvalue weighted by molar-refractivity contribution is 4.87. The molecule has 5 unspecified atom stereocenters. The summed E-state index contributed by atoms with van der Waals surface area (Å²) in [6.45, 7) is 9.33. The highest BCUT2D eigenvalue weighted by Gasteiger charge is 2.35. The summed E-state index contributed by atoms with van der Waals surface area (Å²) >= 11 is 0. The maximum Gasteiger partial charge on any atom is 0.0580 e. The summed E-state index contributed by atoms with van der Waals surface area (Å²) in [5.74, 6) is 3.97. The summed E-state index contributed by atoms with van der Waals surface area (Å²) in [6, 6.07) is 0. The van der Waals surface area contributed by atoms with Crippen LogP contribution in [0.2, 0.25) is 0 Å². The summed E-state index contributed by atoms with van der Waals surface area (Å²) in [5.41, 5.74) is 0. The molecule has 0 radical (unpaired) electrons. The zero-order valence-electron chi connectivity index (χ0n) is 12.6. The first kappa shape index (κ1) is 14.3. The van der Waals surface area contributed by atoms with Gasteiger partial charge >= 0.3 is 0 Å². The van der Waals surface area contributed by atoms with Gasteiger partial charge in [0.25, 0.3) is 0 Å². The predicted octanol–water partition coefficient (Wildman–Crippen LogP) is 3.01. The van der Waals surface area contributed by atoms with Crippen molar-refractivity contribution in [3.8, 4) is 0 Å². The molecule has 2 aliphatic rings. The number of hydrogen-bond acceptors (Lipinski definition) is 2. The van der Waals surface area contributed by atoms with Gasteiger partial charge in [-0.3, -0.25) is 0 Å². The van der Waals surface area contributed by atoms with Crippen LogP contribution in [0.1, 0.15) is 46.5 Å². The van der Waals surface area contributed by atoms with E-state index >= 15 is 0 Å². The van der Waals surface area contributed by atoms with Crippen LogP contribution < -0.4 is 0 Å². The van der Waals surface area contributed by atoms with Crippen LogP contribution in [-0.2, 0) is 0 Å². The molecule has 5 atom stereocenters. The predicted molar refractivity (Wildman–Crippen MR) is 76.4 cm³/mol. The molecule has 0 aromatic carbocycles. The lowest BCUT2D eigenvalue weighted by molar-refractivity contribution is 0.0217. The largest absolute Gasteiger partial charge is 0.393 e. The summed E-state index contributed by atoms with van der Waals surface area (Å²) in [7, 11) is 2.23. The van der Waals surface area contributed by atoms with Crippen molar-refractivity contribution in [2.24, 2.45) is 29.6 Å². The molecule has 0 bridgehead atoms. The zero-order valence-corrected chi connectivity index (χ0v) is 12.6. The van der Waals surface area contributed by atoms with Crippen molar-refractivity contribution in [1.82, 2.24) is 4.90 Å². The molecule has 106 valence electrons. The van der Waals surface area contributed by atoms with E-state index in [9.17, 15) is 5.11 Å². The Morgan fingerprint density at radius 2 is 1.72 bits per heavy atom.